The number of nitrogens with zero attached hydrogens (tertiary/aromatic N) is 1. The fourth-order valence-corrected chi connectivity index (χ4v) is 1.21. The molecule has 13 heavy (non-hydrogen) atoms. The van der Waals surface area contributed by atoms with Crippen molar-refractivity contribution in [2.24, 2.45) is 0 Å². The SMILES string of the molecule is Cc1c(-c2ccccc2)noc1N. The third-order valence-corrected chi connectivity index (χ3v) is 2.01. The van der Waals surface area contributed by atoms with Crippen LogP contribution in [0.3, 0.4) is 0 Å². The zero-order valence-electron chi connectivity index (χ0n) is 7.32. The Morgan fingerprint density at radius 2 is 1.92 bits per heavy atom. The summed E-state index contributed by atoms with van der Waals surface area (Å²) in [5.41, 5.74) is 8.29. The van der Waals surface area contributed by atoms with Crippen LogP contribution in [0.1, 0.15) is 5.56 Å². The Bertz CT molecular complexity index is 406. The first kappa shape index (κ1) is 7.86. The number of hydrogen-bond acceptors (Lipinski definition) is 3. The normalized spacial score (nSPS) is 10.2. The van der Waals surface area contributed by atoms with E-state index in [1.165, 1.54) is 0 Å². The Labute approximate surface area is 76.2 Å². The monoisotopic (exact) mass is 174 g/mol. The molecule has 1 heterocycles. The lowest BCUT2D eigenvalue weighted by atomic mass is 10.1. The lowest BCUT2D eigenvalue weighted by Crippen LogP contribution is -1.84. The van der Waals surface area contributed by atoms with Crippen LogP contribution < -0.4 is 5.73 Å². The maximum atomic E-state index is 5.55. The molecule has 2 aromatic rings. The third-order valence-electron chi connectivity index (χ3n) is 2.01. The molecule has 0 aliphatic carbocycles. The molecule has 2 rings (SSSR count). The number of nitrogens with two attached hydrogens (primary N) is 1. The van der Waals surface area contributed by atoms with E-state index in [0.717, 1.165) is 16.8 Å². The minimum absolute atomic E-state index is 0.388. The van der Waals surface area contributed by atoms with Crippen molar-refractivity contribution in [3.8, 4) is 11.3 Å². The summed E-state index contributed by atoms with van der Waals surface area (Å²) in [5, 5.41) is 3.89. The Morgan fingerprint density at radius 3 is 2.46 bits per heavy atom. The van der Waals surface area contributed by atoms with Crippen molar-refractivity contribution in [3.05, 3.63) is 35.9 Å². The quantitative estimate of drug-likeness (QED) is 0.721. The Hall–Kier alpha value is -1.77. The number of aromatic nitrogens is 1. The molecule has 0 aliphatic heterocycles. The van der Waals surface area contributed by atoms with Gasteiger partial charge >= 0.3 is 0 Å². The molecule has 1 aromatic carbocycles. The molecule has 2 N–H and O–H groups in total. The standard InChI is InChI=1S/C10H10N2O/c1-7-9(12-13-10(7)11)8-5-3-2-4-6-8/h2-6H,11H2,1H3. The highest BCUT2D eigenvalue weighted by molar-refractivity contribution is 5.66. The molecule has 0 saturated heterocycles. The van der Waals surface area contributed by atoms with Gasteiger partial charge < -0.3 is 10.3 Å². The van der Waals surface area contributed by atoms with Crippen LogP contribution in [-0.4, -0.2) is 5.16 Å². The van der Waals surface area contributed by atoms with Crippen LogP contribution >= 0.6 is 0 Å². The van der Waals surface area contributed by atoms with Gasteiger partial charge in [-0.3, -0.25) is 0 Å². The van der Waals surface area contributed by atoms with E-state index >= 15 is 0 Å². The molecule has 0 radical (unpaired) electrons. The van der Waals surface area contributed by atoms with Gasteiger partial charge in [-0.05, 0) is 6.92 Å². The molecular weight excluding hydrogens is 164 g/mol. The van der Waals surface area contributed by atoms with Gasteiger partial charge in [-0.1, -0.05) is 35.5 Å². The second-order valence-corrected chi connectivity index (χ2v) is 2.89. The van der Waals surface area contributed by atoms with E-state index in [2.05, 4.69) is 5.16 Å². The van der Waals surface area contributed by atoms with Crippen molar-refractivity contribution in [1.29, 1.82) is 0 Å². The summed E-state index contributed by atoms with van der Waals surface area (Å²) in [5.74, 6) is 0.388. The lowest BCUT2D eigenvalue weighted by molar-refractivity contribution is 0.439. The molecule has 0 fully saturated rings. The molecule has 0 atom stereocenters. The number of nitrogen functional groups attached to an aromatic ring is 1. The van der Waals surface area contributed by atoms with Crippen LogP contribution in [0.15, 0.2) is 34.9 Å². The smallest absolute Gasteiger partial charge is 0.225 e. The van der Waals surface area contributed by atoms with Gasteiger partial charge in [0.05, 0.1) is 0 Å². The summed E-state index contributed by atoms with van der Waals surface area (Å²) in [6.45, 7) is 1.90. The zero-order valence-corrected chi connectivity index (χ0v) is 7.32. The highest BCUT2D eigenvalue weighted by Crippen LogP contribution is 2.25. The van der Waals surface area contributed by atoms with Crippen LogP contribution in [-0.2, 0) is 0 Å². The minimum atomic E-state index is 0.388. The highest BCUT2D eigenvalue weighted by atomic mass is 16.5. The lowest BCUT2D eigenvalue weighted by Gasteiger charge is -1.94. The van der Waals surface area contributed by atoms with Crippen molar-refractivity contribution in [2.75, 3.05) is 5.73 Å². The summed E-state index contributed by atoms with van der Waals surface area (Å²) >= 11 is 0. The van der Waals surface area contributed by atoms with Crippen LogP contribution in [0.5, 0.6) is 0 Å². The summed E-state index contributed by atoms with van der Waals surface area (Å²) in [6.07, 6.45) is 0. The van der Waals surface area contributed by atoms with Crippen LogP contribution in [0.25, 0.3) is 11.3 Å². The fraction of sp³-hybridized carbons (Fsp3) is 0.100. The van der Waals surface area contributed by atoms with E-state index in [4.69, 9.17) is 10.3 Å². The predicted molar refractivity (Wildman–Crippen MR) is 51.1 cm³/mol. The summed E-state index contributed by atoms with van der Waals surface area (Å²) in [4.78, 5) is 0. The number of rotatable bonds is 1. The first-order valence-electron chi connectivity index (χ1n) is 4.06. The fourth-order valence-electron chi connectivity index (χ4n) is 1.21. The van der Waals surface area contributed by atoms with Crippen LogP contribution in [0.2, 0.25) is 0 Å². The highest BCUT2D eigenvalue weighted by Gasteiger charge is 2.09. The average molecular weight is 174 g/mol. The van der Waals surface area contributed by atoms with Gasteiger partial charge in [0.15, 0.2) is 0 Å². The van der Waals surface area contributed by atoms with Gasteiger partial charge in [0.1, 0.15) is 5.69 Å². The first-order chi connectivity index (χ1) is 6.29. The predicted octanol–water partition coefficient (Wildman–Crippen LogP) is 2.23. The van der Waals surface area contributed by atoms with E-state index in [1.807, 2.05) is 37.3 Å². The largest absolute Gasteiger partial charge is 0.367 e. The Kier molecular flexibility index (Phi) is 1.77. The molecule has 66 valence electrons. The molecule has 0 amide bonds. The van der Waals surface area contributed by atoms with Crippen LogP contribution in [0.4, 0.5) is 5.88 Å². The van der Waals surface area contributed by atoms with Crippen molar-refractivity contribution in [3.63, 3.8) is 0 Å². The second kappa shape index (κ2) is 2.94. The maximum Gasteiger partial charge on any atom is 0.225 e. The number of anilines is 1. The Balaban J connectivity index is 2.53. The Morgan fingerprint density at radius 1 is 1.23 bits per heavy atom. The molecular formula is C10H10N2O. The van der Waals surface area contributed by atoms with Gasteiger partial charge in [0, 0.05) is 11.1 Å². The molecule has 0 spiro atoms. The van der Waals surface area contributed by atoms with Gasteiger partial charge in [0.25, 0.3) is 0 Å². The van der Waals surface area contributed by atoms with Gasteiger partial charge in [0.2, 0.25) is 5.88 Å². The second-order valence-electron chi connectivity index (χ2n) is 2.89. The van der Waals surface area contributed by atoms with Gasteiger partial charge in [-0.15, -0.1) is 0 Å². The van der Waals surface area contributed by atoms with E-state index in [-0.39, 0.29) is 0 Å². The van der Waals surface area contributed by atoms with Crippen molar-refractivity contribution in [1.82, 2.24) is 5.16 Å². The molecule has 0 aliphatic rings. The topological polar surface area (TPSA) is 52.0 Å². The van der Waals surface area contributed by atoms with Gasteiger partial charge in [-0.25, -0.2) is 0 Å². The summed E-state index contributed by atoms with van der Waals surface area (Å²) in [7, 11) is 0. The number of benzene rings is 1. The van der Waals surface area contributed by atoms with Gasteiger partial charge in [-0.2, -0.15) is 0 Å². The summed E-state index contributed by atoms with van der Waals surface area (Å²) < 4.78 is 4.88. The molecule has 0 saturated carbocycles. The average Bonchev–Trinajstić information content (AvgIpc) is 2.49. The summed E-state index contributed by atoms with van der Waals surface area (Å²) in [6, 6.07) is 9.83. The molecule has 0 bridgehead atoms. The maximum absolute atomic E-state index is 5.55. The van der Waals surface area contributed by atoms with Crippen LogP contribution in [0, 0.1) is 6.92 Å². The van der Waals surface area contributed by atoms with Crippen molar-refractivity contribution < 1.29 is 4.52 Å². The van der Waals surface area contributed by atoms with Crippen molar-refractivity contribution in [2.45, 2.75) is 6.92 Å². The number of hydrogen-bond donors (Lipinski definition) is 1. The zero-order chi connectivity index (χ0) is 9.26. The van der Waals surface area contributed by atoms with E-state index < -0.39 is 0 Å². The first-order valence-corrected chi connectivity index (χ1v) is 4.06. The third kappa shape index (κ3) is 1.28. The molecule has 3 nitrogen and oxygen atoms in total. The molecule has 0 unspecified atom stereocenters. The van der Waals surface area contributed by atoms with E-state index in [0.29, 0.717) is 5.88 Å². The minimum Gasteiger partial charge on any atom is -0.367 e. The van der Waals surface area contributed by atoms with E-state index in [1.54, 1.807) is 0 Å². The molecule has 1 aromatic heterocycles. The van der Waals surface area contributed by atoms with Crippen molar-refractivity contribution >= 4 is 5.88 Å². The molecule has 3 heteroatoms. The van der Waals surface area contributed by atoms with E-state index in [9.17, 15) is 0 Å².